The number of halogens is 1. The van der Waals surface area contributed by atoms with E-state index in [1.165, 1.54) is 17.7 Å². The summed E-state index contributed by atoms with van der Waals surface area (Å²) in [6.45, 7) is 9.49. The lowest BCUT2D eigenvalue weighted by Crippen LogP contribution is -2.51. The standard InChI is InChI=1S/C35H46FN7O4S/c1-25(2)24-47-35(44)34-33(30-21-29(36)8-9-31(30)37-34)32-23-41(39-38-32)22-28-10-14-40(15-11-28)18-19-43(48(45)46)42-16-12-27(13-17-42)20-26-6-4-3-5-7-26/h3-9,21,23,25,27-28,37H,10-20,22,24H2,1-2H3,(H,45,46). The lowest BCUT2D eigenvalue weighted by Gasteiger charge is -2.39. The van der Waals surface area contributed by atoms with Gasteiger partial charge in [-0.15, -0.1) is 9.51 Å². The number of fused-ring (bicyclic) bond motifs is 1. The molecule has 48 heavy (non-hydrogen) atoms. The number of aromatic amines is 1. The van der Waals surface area contributed by atoms with E-state index in [1.807, 2.05) is 26.1 Å². The lowest BCUT2D eigenvalue weighted by atomic mass is 9.91. The molecule has 258 valence electrons. The van der Waals surface area contributed by atoms with Crippen molar-refractivity contribution in [1.29, 1.82) is 0 Å². The molecule has 0 bridgehead atoms. The van der Waals surface area contributed by atoms with Crippen LogP contribution in [0.4, 0.5) is 4.39 Å². The van der Waals surface area contributed by atoms with E-state index in [1.54, 1.807) is 15.2 Å². The fourth-order valence-electron chi connectivity index (χ4n) is 6.90. The fraction of sp³-hybridized carbons (Fsp3) is 0.514. The van der Waals surface area contributed by atoms with E-state index in [0.717, 1.165) is 64.8 Å². The van der Waals surface area contributed by atoms with Crippen molar-refractivity contribution in [2.45, 2.75) is 52.5 Å². The Hall–Kier alpha value is -3.49. The van der Waals surface area contributed by atoms with E-state index in [2.05, 4.69) is 49.5 Å². The number of nitrogens with one attached hydrogen (secondary N) is 1. The molecule has 0 spiro atoms. The van der Waals surface area contributed by atoms with Gasteiger partial charge in [0.15, 0.2) is 0 Å². The zero-order valence-corrected chi connectivity index (χ0v) is 28.6. The summed E-state index contributed by atoms with van der Waals surface area (Å²) < 4.78 is 45.6. The summed E-state index contributed by atoms with van der Waals surface area (Å²) >= 11 is -2.06. The minimum Gasteiger partial charge on any atom is -0.461 e. The molecule has 2 aliphatic rings. The summed E-state index contributed by atoms with van der Waals surface area (Å²) in [6.07, 6.45) is 6.83. The summed E-state index contributed by atoms with van der Waals surface area (Å²) in [7, 11) is 0. The van der Waals surface area contributed by atoms with Gasteiger partial charge in [-0.1, -0.05) is 49.4 Å². The smallest absolute Gasteiger partial charge is 0.355 e. The van der Waals surface area contributed by atoms with Crippen LogP contribution in [0.15, 0.2) is 54.7 Å². The van der Waals surface area contributed by atoms with Crippen LogP contribution in [0.25, 0.3) is 22.2 Å². The quantitative estimate of drug-likeness (QED) is 0.143. The van der Waals surface area contributed by atoms with Crippen LogP contribution in [0.5, 0.6) is 0 Å². The van der Waals surface area contributed by atoms with Crippen LogP contribution in [-0.4, -0.2) is 94.9 Å². The Labute approximate surface area is 283 Å². The third kappa shape index (κ3) is 8.56. The summed E-state index contributed by atoms with van der Waals surface area (Å²) in [4.78, 5) is 18.5. The van der Waals surface area contributed by atoms with Crippen molar-refractivity contribution in [2.75, 3.05) is 45.9 Å². The maximum atomic E-state index is 14.2. The number of hydrazine groups is 1. The maximum Gasteiger partial charge on any atom is 0.355 e. The number of carbonyl (C=O) groups is 1. The van der Waals surface area contributed by atoms with E-state index in [9.17, 15) is 17.9 Å². The van der Waals surface area contributed by atoms with Crippen LogP contribution < -0.4 is 0 Å². The minimum absolute atomic E-state index is 0.178. The molecular weight excluding hydrogens is 633 g/mol. The second-order valence-electron chi connectivity index (χ2n) is 13.6. The summed E-state index contributed by atoms with van der Waals surface area (Å²) in [6, 6.07) is 14.9. The number of ether oxygens (including phenoxy) is 1. The van der Waals surface area contributed by atoms with Gasteiger partial charge in [0, 0.05) is 49.2 Å². The number of H-pyrrole nitrogens is 1. The zero-order chi connectivity index (χ0) is 33.6. The van der Waals surface area contributed by atoms with Crippen LogP contribution in [0.1, 0.15) is 55.6 Å². The first-order chi connectivity index (χ1) is 23.2. The van der Waals surface area contributed by atoms with E-state index in [4.69, 9.17) is 4.74 Å². The van der Waals surface area contributed by atoms with Crippen molar-refractivity contribution < 1.29 is 22.7 Å². The number of aromatic nitrogens is 4. The molecule has 2 aromatic heterocycles. The van der Waals surface area contributed by atoms with Crippen molar-refractivity contribution in [3.63, 3.8) is 0 Å². The van der Waals surface area contributed by atoms with Gasteiger partial charge >= 0.3 is 5.97 Å². The Morgan fingerprint density at radius 3 is 2.52 bits per heavy atom. The highest BCUT2D eigenvalue weighted by Crippen LogP contribution is 2.33. The second-order valence-corrected chi connectivity index (χ2v) is 14.4. The maximum absolute atomic E-state index is 14.2. The summed E-state index contributed by atoms with van der Waals surface area (Å²) in [5.41, 5.74) is 3.20. The number of hydrogen-bond donors (Lipinski definition) is 2. The number of nitrogens with zero attached hydrogens (tertiary/aromatic N) is 6. The molecule has 4 aromatic rings. The Bertz CT molecular complexity index is 1680. The molecular formula is C35H46FN7O4S. The highest BCUT2D eigenvalue weighted by atomic mass is 32.2. The molecule has 2 aromatic carbocycles. The molecule has 6 rings (SSSR count). The SMILES string of the molecule is CC(C)COC(=O)c1[nH]c2ccc(F)cc2c1-c1cn(CC2CCN(CCN(N3CCC(Cc4ccccc4)CC3)S(=O)O)CC2)nn1. The van der Waals surface area contributed by atoms with Gasteiger partial charge in [0.2, 0.25) is 11.3 Å². The van der Waals surface area contributed by atoms with Crippen LogP contribution in [0, 0.1) is 23.6 Å². The fourth-order valence-corrected chi connectivity index (χ4v) is 7.50. The molecule has 11 nitrogen and oxygen atoms in total. The van der Waals surface area contributed by atoms with Gasteiger partial charge < -0.3 is 14.6 Å². The normalized spacial score (nSPS) is 17.9. The highest BCUT2D eigenvalue weighted by Gasteiger charge is 2.29. The molecule has 2 fully saturated rings. The van der Waals surface area contributed by atoms with Crippen molar-refractivity contribution in [3.05, 3.63) is 71.8 Å². The number of carbonyl (C=O) groups excluding carboxylic acids is 1. The number of piperidine rings is 2. The third-order valence-corrected chi connectivity index (χ3v) is 10.3. The number of benzene rings is 2. The Balaban J connectivity index is 1.01. The average molecular weight is 680 g/mol. The Morgan fingerprint density at radius 1 is 1.08 bits per heavy atom. The molecule has 1 atom stereocenters. The van der Waals surface area contributed by atoms with Crippen molar-refractivity contribution in [3.8, 4) is 11.3 Å². The monoisotopic (exact) mass is 679 g/mol. The van der Waals surface area contributed by atoms with E-state index in [0.29, 0.717) is 47.1 Å². The van der Waals surface area contributed by atoms with Gasteiger partial charge in [-0.25, -0.2) is 18.4 Å². The summed E-state index contributed by atoms with van der Waals surface area (Å²) in [5, 5.41) is 11.4. The predicted octanol–water partition coefficient (Wildman–Crippen LogP) is 5.40. The molecule has 2 N–H and O–H groups in total. The second kappa shape index (κ2) is 15.8. The van der Waals surface area contributed by atoms with Crippen LogP contribution in [0.2, 0.25) is 0 Å². The van der Waals surface area contributed by atoms with Crippen LogP contribution in [-0.2, 0) is 29.0 Å². The number of esters is 1. The molecule has 13 heteroatoms. The summed E-state index contributed by atoms with van der Waals surface area (Å²) in [5.74, 6) is 0.251. The zero-order valence-electron chi connectivity index (χ0n) is 27.8. The minimum atomic E-state index is -2.06. The number of rotatable bonds is 13. The van der Waals surface area contributed by atoms with E-state index in [-0.39, 0.29) is 18.2 Å². The van der Waals surface area contributed by atoms with Gasteiger partial charge in [-0.2, -0.15) is 0 Å². The third-order valence-electron chi connectivity index (χ3n) is 9.52. The average Bonchev–Trinajstić information content (AvgIpc) is 3.69. The van der Waals surface area contributed by atoms with Gasteiger partial charge in [-0.05, 0) is 86.7 Å². The van der Waals surface area contributed by atoms with E-state index < -0.39 is 23.1 Å². The molecule has 4 heterocycles. The van der Waals surface area contributed by atoms with Gasteiger partial charge in [0.1, 0.15) is 17.2 Å². The molecule has 2 aliphatic heterocycles. The number of hydrogen-bond acceptors (Lipinski definition) is 7. The highest BCUT2D eigenvalue weighted by molar-refractivity contribution is 7.76. The Morgan fingerprint density at radius 2 is 1.81 bits per heavy atom. The molecule has 0 radical (unpaired) electrons. The molecule has 0 aliphatic carbocycles. The van der Waals surface area contributed by atoms with Crippen molar-refractivity contribution >= 4 is 28.1 Å². The first kappa shape index (κ1) is 34.4. The van der Waals surface area contributed by atoms with Crippen LogP contribution in [0.3, 0.4) is 0 Å². The van der Waals surface area contributed by atoms with Crippen molar-refractivity contribution in [1.82, 2.24) is 34.3 Å². The van der Waals surface area contributed by atoms with Gasteiger partial charge in [0.25, 0.3) is 0 Å². The molecule has 0 saturated carbocycles. The van der Waals surface area contributed by atoms with Crippen LogP contribution >= 0.6 is 0 Å². The molecule has 1 unspecified atom stereocenters. The molecule has 0 amide bonds. The largest absolute Gasteiger partial charge is 0.461 e. The molecule has 2 saturated heterocycles. The first-order valence-corrected chi connectivity index (χ1v) is 18.1. The van der Waals surface area contributed by atoms with Crippen molar-refractivity contribution in [2.24, 2.45) is 17.8 Å². The van der Waals surface area contributed by atoms with Gasteiger partial charge in [-0.3, -0.25) is 9.23 Å². The Kier molecular flexibility index (Phi) is 11.3. The van der Waals surface area contributed by atoms with Gasteiger partial charge in [0.05, 0.1) is 12.8 Å². The number of likely N-dealkylation sites (tertiary alicyclic amines) is 1. The topological polar surface area (TPSA) is 120 Å². The first-order valence-electron chi connectivity index (χ1n) is 17.0. The predicted molar refractivity (Wildman–Crippen MR) is 183 cm³/mol. The lowest BCUT2D eigenvalue weighted by molar-refractivity contribution is 0.0132. The van der Waals surface area contributed by atoms with E-state index >= 15 is 0 Å².